The second-order valence-electron chi connectivity index (χ2n) is 7.49. The van der Waals surface area contributed by atoms with Gasteiger partial charge in [-0.1, -0.05) is 30.3 Å². The number of aliphatic imine (C=N–C) groups is 1. The summed E-state index contributed by atoms with van der Waals surface area (Å²) < 4.78 is 0. The number of guanidine groups is 1. The first-order valence-electron chi connectivity index (χ1n) is 10.6. The molecule has 0 heterocycles. The van der Waals surface area contributed by atoms with Crippen LogP contribution in [-0.2, 0) is 20.8 Å². The summed E-state index contributed by atoms with van der Waals surface area (Å²) in [6.45, 7) is 0.780. The van der Waals surface area contributed by atoms with Crippen molar-refractivity contribution in [1.29, 1.82) is 0 Å². The van der Waals surface area contributed by atoms with Crippen molar-refractivity contribution in [2.45, 2.75) is 56.7 Å². The van der Waals surface area contributed by atoms with Gasteiger partial charge in [-0.25, -0.2) is 4.79 Å². The molecule has 1 rings (SSSR count). The molecular formula is C21H35N7O4. The number of nitrogens with one attached hydrogen (secondary N) is 2. The average Bonchev–Trinajstić information content (AvgIpc) is 2.75. The lowest BCUT2D eigenvalue weighted by Crippen LogP contribution is -2.54. The lowest BCUT2D eigenvalue weighted by molar-refractivity contribution is -0.142. The first-order valence-corrected chi connectivity index (χ1v) is 10.6. The van der Waals surface area contributed by atoms with Crippen molar-refractivity contribution in [3.05, 3.63) is 35.9 Å². The van der Waals surface area contributed by atoms with Gasteiger partial charge in [0.25, 0.3) is 0 Å². The third-order valence-electron chi connectivity index (χ3n) is 4.78. The number of carboxylic acids is 1. The van der Waals surface area contributed by atoms with Crippen LogP contribution >= 0.6 is 0 Å². The summed E-state index contributed by atoms with van der Waals surface area (Å²) >= 11 is 0. The van der Waals surface area contributed by atoms with Gasteiger partial charge in [0.2, 0.25) is 11.8 Å². The predicted molar refractivity (Wildman–Crippen MR) is 122 cm³/mol. The summed E-state index contributed by atoms with van der Waals surface area (Å²) in [5, 5.41) is 14.7. The summed E-state index contributed by atoms with van der Waals surface area (Å²) in [4.78, 5) is 40.8. The van der Waals surface area contributed by atoms with Gasteiger partial charge in [-0.2, -0.15) is 0 Å². The summed E-state index contributed by atoms with van der Waals surface area (Å²) in [5.74, 6) is -2.28. The number of aliphatic carboxylic acids is 1. The fourth-order valence-corrected chi connectivity index (χ4v) is 3.01. The second-order valence-corrected chi connectivity index (χ2v) is 7.49. The van der Waals surface area contributed by atoms with E-state index in [1.54, 1.807) is 24.3 Å². The van der Waals surface area contributed by atoms with Crippen molar-refractivity contribution in [3.8, 4) is 0 Å². The summed E-state index contributed by atoms with van der Waals surface area (Å²) in [6, 6.07) is 6.06. The van der Waals surface area contributed by atoms with Crippen LogP contribution in [0.2, 0.25) is 0 Å². The number of carboxylic acid groups (broad SMARTS) is 1. The molecule has 11 N–H and O–H groups in total. The molecule has 1 aromatic rings. The van der Waals surface area contributed by atoms with Gasteiger partial charge in [0.05, 0.1) is 6.04 Å². The van der Waals surface area contributed by atoms with E-state index in [0.29, 0.717) is 45.2 Å². The molecule has 1 aromatic carbocycles. The van der Waals surface area contributed by atoms with Gasteiger partial charge in [-0.05, 0) is 44.2 Å². The third-order valence-corrected chi connectivity index (χ3v) is 4.78. The minimum Gasteiger partial charge on any atom is -0.480 e. The Hall–Kier alpha value is -3.18. The average molecular weight is 450 g/mol. The number of unbranched alkanes of at least 4 members (excludes halogenated alkanes) is 1. The monoisotopic (exact) mass is 449 g/mol. The van der Waals surface area contributed by atoms with Gasteiger partial charge < -0.3 is 38.7 Å². The van der Waals surface area contributed by atoms with Crippen LogP contribution in [0.15, 0.2) is 35.3 Å². The molecule has 0 fully saturated rings. The highest BCUT2D eigenvalue weighted by Crippen LogP contribution is 2.07. The molecule has 178 valence electrons. The zero-order chi connectivity index (χ0) is 23.9. The van der Waals surface area contributed by atoms with Crippen molar-refractivity contribution < 1.29 is 19.5 Å². The third kappa shape index (κ3) is 10.7. The molecule has 3 atom stereocenters. The number of carbonyl (C=O) groups excluding carboxylic acids is 2. The van der Waals surface area contributed by atoms with E-state index in [9.17, 15) is 19.5 Å². The van der Waals surface area contributed by atoms with E-state index in [0.717, 1.165) is 5.56 Å². The number of nitrogens with zero attached hydrogens (tertiary/aromatic N) is 1. The molecular weight excluding hydrogens is 414 g/mol. The van der Waals surface area contributed by atoms with E-state index < -0.39 is 35.9 Å². The molecule has 0 aliphatic carbocycles. The lowest BCUT2D eigenvalue weighted by Gasteiger charge is -2.23. The van der Waals surface area contributed by atoms with Gasteiger partial charge >= 0.3 is 5.97 Å². The van der Waals surface area contributed by atoms with Gasteiger partial charge in [0.1, 0.15) is 12.1 Å². The highest BCUT2D eigenvalue weighted by Gasteiger charge is 2.27. The number of nitrogens with two attached hydrogens (primary N) is 4. The topological polar surface area (TPSA) is 212 Å². The number of benzene rings is 1. The molecule has 0 bridgehead atoms. The fraction of sp³-hybridized carbons (Fsp3) is 0.524. The standard InChI is InChI=1S/C21H35N7O4/c22-11-5-4-10-16(27-18(29)15(23)9-6-12-26-21(24)25)19(30)28-17(20(31)32)13-14-7-2-1-3-8-14/h1-3,7-8,15-17H,4-6,9-13,22-23H2,(H,27,29)(H,28,30)(H,31,32)(H4,24,25,26). The summed E-state index contributed by atoms with van der Waals surface area (Å²) in [7, 11) is 0. The Bertz CT molecular complexity index is 754. The van der Waals surface area contributed by atoms with Crippen LogP contribution in [0.25, 0.3) is 0 Å². The maximum Gasteiger partial charge on any atom is 0.326 e. The Kier molecular flexibility index (Phi) is 12.4. The van der Waals surface area contributed by atoms with E-state index in [1.165, 1.54) is 0 Å². The summed E-state index contributed by atoms with van der Waals surface area (Å²) in [6.07, 6.45) is 2.50. The van der Waals surface area contributed by atoms with E-state index in [4.69, 9.17) is 22.9 Å². The maximum atomic E-state index is 12.8. The lowest BCUT2D eigenvalue weighted by atomic mass is 10.0. The van der Waals surface area contributed by atoms with Crippen LogP contribution in [-0.4, -0.2) is 60.1 Å². The number of rotatable bonds is 15. The van der Waals surface area contributed by atoms with Crippen molar-refractivity contribution in [3.63, 3.8) is 0 Å². The SMILES string of the molecule is NCCCCC(NC(=O)C(N)CCCN=C(N)N)C(=O)NC(Cc1ccccc1)C(=O)O. The normalized spacial score (nSPS) is 13.4. The zero-order valence-corrected chi connectivity index (χ0v) is 18.2. The molecule has 11 heteroatoms. The van der Waals surface area contributed by atoms with Crippen LogP contribution in [0.4, 0.5) is 0 Å². The first-order chi connectivity index (χ1) is 15.2. The largest absolute Gasteiger partial charge is 0.480 e. The Morgan fingerprint density at radius 2 is 1.59 bits per heavy atom. The molecule has 0 saturated carbocycles. The molecule has 32 heavy (non-hydrogen) atoms. The molecule has 11 nitrogen and oxygen atoms in total. The Balaban J connectivity index is 2.75. The van der Waals surface area contributed by atoms with Crippen molar-refractivity contribution in [1.82, 2.24) is 10.6 Å². The predicted octanol–water partition coefficient (Wildman–Crippen LogP) is -1.21. The molecule has 0 aliphatic heterocycles. The molecule has 0 radical (unpaired) electrons. The van der Waals surface area contributed by atoms with Crippen molar-refractivity contribution >= 4 is 23.7 Å². The highest BCUT2D eigenvalue weighted by atomic mass is 16.4. The Labute approximate surface area is 188 Å². The zero-order valence-electron chi connectivity index (χ0n) is 18.2. The van der Waals surface area contributed by atoms with E-state index in [-0.39, 0.29) is 12.4 Å². The van der Waals surface area contributed by atoms with Gasteiger partial charge in [-0.15, -0.1) is 0 Å². The van der Waals surface area contributed by atoms with Crippen LogP contribution < -0.4 is 33.6 Å². The van der Waals surface area contributed by atoms with Crippen LogP contribution in [0.5, 0.6) is 0 Å². The molecule has 2 amide bonds. The van der Waals surface area contributed by atoms with Crippen LogP contribution in [0.3, 0.4) is 0 Å². The number of amides is 2. The number of hydrogen-bond acceptors (Lipinski definition) is 6. The minimum atomic E-state index is -1.16. The van der Waals surface area contributed by atoms with Gasteiger partial charge in [0, 0.05) is 13.0 Å². The second kappa shape index (κ2) is 14.8. The molecule has 0 saturated heterocycles. The first kappa shape index (κ1) is 26.9. The Morgan fingerprint density at radius 1 is 0.938 bits per heavy atom. The number of hydrogen-bond donors (Lipinski definition) is 7. The van der Waals surface area contributed by atoms with Crippen molar-refractivity contribution in [2.75, 3.05) is 13.1 Å². The molecule has 0 aliphatic rings. The smallest absolute Gasteiger partial charge is 0.326 e. The van der Waals surface area contributed by atoms with Crippen LogP contribution in [0.1, 0.15) is 37.7 Å². The van der Waals surface area contributed by atoms with E-state index in [2.05, 4.69) is 15.6 Å². The van der Waals surface area contributed by atoms with Crippen LogP contribution in [0, 0.1) is 0 Å². The quantitative estimate of drug-likeness (QED) is 0.0978. The number of carbonyl (C=O) groups is 3. The van der Waals surface area contributed by atoms with E-state index >= 15 is 0 Å². The maximum absolute atomic E-state index is 12.8. The Morgan fingerprint density at radius 3 is 2.19 bits per heavy atom. The molecule has 0 aromatic heterocycles. The van der Waals surface area contributed by atoms with E-state index in [1.807, 2.05) is 6.07 Å². The molecule has 0 spiro atoms. The minimum absolute atomic E-state index is 0.0388. The van der Waals surface area contributed by atoms with Gasteiger partial charge in [-0.3, -0.25) is 14.6 Å². The summed E-state index contributed by atoms with van der Waals surface area (Å²) in [5.41, 5.74) is 22.7. The fourth-order valence-electron chi connectivity index (χ4n) is 3.01. The van der Waals surface area contributed by atoms with Crippen molar-refractivity contribution in [2.24, 2.45) is 27.9 Å². The highest BCUT2D eigenvalue weighted by molar-refractivity contribution is 5.91. The molecule has 3 unspecified atom stereocenters. The van der Waals surface area contributed by atoms with Gasteiger partial charge in [0.15, 0.2) is 5.96 Å².